The van der Waals surface area contributed by atoms with E-state index in [-0.39, 0.29) is 0 Å². The van der Waals surface area contributed by atoms with Gasteiger partial charge in [0.1, 0.15) is 0 Å². The van der Waals surface area contributed by atoms with Crippen LogP contribution in [0.25, 0.3) is 0 Å². The number of halogens is 2. The second-order valence-corrected chi connectivity index (χ2v) is 6.25. The van der Waals surface area contributed by atoms with E-state index in [9.17, 15) is 0 Å². The zero-order valence-corrected chi connectivity index (χ0v) is 12.4. The summed E-state index contributed by atoms with van der Waals surface area (Å²) in [6.45, 7) is 0.885. The molecule has 0 unspecified atom stereocenters. The Morgan fingerprint density at radius 3 is 2.87 bits per heavy atom. The fourth-order valence-electron chi connectivity index (χ4n) is 1.23. The number of benzene rings is 1. The van der Waals surface area contributed by atoms with E-state index >= 15 is 0 Å². The van der Waals surface area contributed by atoms with Crippen LogP contribution < -0.4 is 5.32 Å². The smallest absolute Gasteiger partial charge is 0.0494 e. The maximum Gasteiger partial charge on any atom is 0.0494 e. The molecule has 1 nitrogen and oxygen atoms in total. The van der Waals surface area contributed by atoms with Gasteiger partial charge in [0.2, 0.25) is 0 Å². The second kappa shape index (κ2) is 5.32. The van der Waals surface area contributed by atoms with Gasteiger partial charge in [0, 0.05) is 30.5 Å². The first-order valence-electron chi connectivity index (χ1n) is 4.46. The van der Waals surface area contributed by atoms with Gasteiger partial charge in [-0.3, -0.25) is 0 Å². The molecule has 2 aromatic rings. The van der Waals surface area contributed by atoms with Gasteiger partial charge in [-0.25, -0.2) is 0 Å². The molecule has 78 valence electrons. The molecule has 4 heteroatoms. The van der Waals surface area contributed by atoms with Crippen LogP contribution in [0, 0.1) is 3.57 Å². The van der Waals surface area contributed by atoms with E-state index in [0.29, 0.717) is 0 Å². The molecule has 0 saturated heterocycles. The average Bonchev–Trinajstić information content (AvgIpc) is 2.62. The summed E-state index contributed by atoms with van der Waals surface area (Å²) >= 11 is 7.53. The fraction of sp³-hybridized carbons (Fsp3) is 0.0909. The van der Waals surface area contributed by atoms with Gasteiger partial charge >= 0.3 is 0 Å². The minimum atomic E-state index is 0.885. The number of hydrogen-bond donors (Lipinski definition) is 1. The van der Waals surface area contributed by atoms with Gasteiger partial charge in [0.05, 0.1) is 0 Å². The summed E-state index contributed by atoms with van der Waals surface area (Å²) in [4.78, 5) is 1.33. The van der Waals surface area contributed by atoms with Crippen molar-refractivity contribution in [3.63, 3.8) is 0 Å². The molecule has 15 heavy (non-hydrogen) atoms. The predicted molar refractivity (Wildman–Crippen MR) is 78.5 cm³/mol. The summed E-state index contributed by atoms with van der Waals surface area (Å²) in [7, 11) is 0. The molecule has 0 fully saturated rings. The molecule has 1 aromatic carbocycles. The second-order valence-electron chi connectivity index (χ2n) is 3.10. The molecule has 0 spiro atoms. The standard InChI is InChI=1S/C11H9BrINS/c12-8-4-11(15-7-8)6-14-10-3-1-2-9(13)5-10/h1-5,7,14H,6H2. The van der Waals surface area contributed by atoms with E-state index in [1.807, 2.05) is 0 Å². The molecular formula is C11H9BrINS. The Bertz CT molecular complexity index is 455. The van der Waals surface area contributed by atoms with Crippen molar-refractivity contribution >= 4 is 55.5 Å². The first-order chi connectivity index (χ1) is 7.24. The lowest BCUT2D eigenvalue weighted by Gasteiger charge is -2.04. The van der Waals surface area contributed by atoms with Gasteiger partial charge in [-0.15, -0.1) is 11.3 Å². The van der Waals surface area contributed by atoms with Crippen LogP contribution in [0.4, 0.5) is 5.69 Å². The maximum atomic E-state index is 3.45. The zero-order valence-electron chi connectivity index (χ0n) is 7.84. The van der Waals surface area contributed by atoms with Crippen molar-refractivity contribution in [2.75, 3.05) is 5.32 Å². The van der Waals surface area contributed by atoms with Crippen molar-refractivity contribution in [2.24, 2.45) is 0 Å². The summed E-state index contributed by atoms with van der Waals surface area (Å²) in [5, 5.41) is 5.50. The predicted octanol–water partition coefficient (Wildman–Crippen LogP) is 4.73. The molecule has 0 aliphatic heterocycles. The molecule has 2 rings (SSSR count). The molecule has 0 atom stereocenters. The zero-order chi connectivity index (χ0) is 10.7. The van der Waals surface area contributed by atoms with Gasteiger partial charge < -0.3 is 5.32 Å². The summed E-state index contributed by atoms with van der Waals surface area (Å²) in [6, 6.07) is 10.5. The SMILES string of the molecule is Brc1csc(CNc2cccc(I)c2)c1. The highest BCUT2D eigenvalue weighted by Crippen LogP contribution is 2.21. The van der Waals surface area contributed by atoms with Crippen LogP contribution >= 0.6 is 49.9 Å². The lowest BCUT2D eigenvalue weighted by Crippen LogP contribution is -1.96. The highest BCUT2D eigenvalue weighted by atomic mass is 127. The van der Waals surface area contributed by atoms with E-state index in [1.54, 1.807) is 11.3 Å². The number of hydrogen-bond acceptors (Lipinski definition) is 2. The number of thiophene rings is 1. The van der Waals surface area contributed by atoms with Crippen LogP contribution in [0.15, 0.2) is 40.2 Å². The number of anilines is 1. The Labute approximate surface area is 115 Å². The fourth-order valence-corrected chi connectivity index (χ4v) is 3.17. The van der Waals surface area contributed by atoms with Crippen molar-refractivity contribution in [1.82, 2.24) is 0 Å². The van der Waals surface area contributed by atoms with Gasteiger partial charge in [-0.1, -0.05) is 6.07 Å². The van der Waals surface area contributed by atoms with Crippen LogP contribution in [0.3, 0.4) is 0 Å². The van der Waals surface area contributed by atoms with Crippen molar-refractivity contribution in [3.05, 3.63) is 48.6 Å². The van der Waals surface area contributed by atoms with Crippen molar-refractivity contribution in [2.45, 2.75) is 6.54 Å². The third-order valence-electron chi connectivity index (χ3n) is 1.91. The van der Waals surface area contributed by atoms with Crippen molar-refractivity contribution < 1.29 is 0 Å². The lowest BCUT2D eigenvalue weighted by atomic mass is 10.3. The molecule has 0 amide bonds. The highest BCUT2D eigenvalue weighted by molar-refractivity contribution is 14.1. The lowest BCUT2D eigenvalue weighted by molar-refractivity contribution is 1.19. The van der Waals surface area contributed by atoms with Crippen LogP contribution in [0.1, 0.15) is 4.88 Å². The van der Waals surface area contributed by atoms with Gasteiger partial charge in [-0.2, -0.15) is 0 Å². The van der Waals surface area contributed by atoms with E-state index in [2.05, 4.69) is 79.5 Å². The average molecular weight is 394 g/mol. The molecule has 1 N–H and O–H groups in total. The molecule has 0 bridgehead atoms. The van der Waals surface area contributed by atoms with Crippen LogP contribution in [0.2, 0.25) is 0 Å². The maximum absolute atomic E-state index is 3.45. The Balaban J connectivity index is 1.99. The molecule has 0 saturated carbocycles. The minimum absolute atomic E-state index is 0.885. The van der Waals surface area contributed by atoms with Crippen LogP contribution in [0.5, 0.6) is 0 Å². The molecule has 1 heterocycles. The number of rotatable bonds is 3. The van der Waals surface area contributed by atoms with E-state index in [0.717, 1.165) is 11.0 Å². The van der Waals surface area contributed by atoms with Crippen molar-refractivity contribution in [1.29, 1.82) is 0 Å². The summed E-state index contributed by atoms with van der Waals surface area (Å²) < 4.78 is 2.41. The summed E-state index contributed by atoms with van der Waals surface area (Å²) in [5.74, 6) is 0. The van der Waals surface area contributed by atoms with Crippen LogP contribution in [-0.4, -0.2) is 0 Å². The van der Waals surface area contributed by atoms with Crippen LogP contribution in [-0.2, 0) is 6.54 Å². The molecule has 1 aromatic heterocycles. The molecular weight excluding hydrogens is 385 g/mol. The summed E-state index contributed by atoms with van der Waals surface area (Å²) in [6.07, 6.45) is 0. The Morgan fingerprint density at radius 1 is 1.33 bits per heavy atom. The van der Waals surface area contributed by atoms with Crippen molar-refractivity contribution in [3.8, 4) is 0 Å². The third kappa shape index (κ3) is 3.46. The Hall–Kier alpha value is -0.0700. The monoisotopic (exact) mass is 393 g/mol. The van der Waals surface area contributed by atoms with Gasteiger partial charge in [0.25, 0.3) is 0 Å². The molecule has 0 aliphatic rings. The Kier molecular flexibility index (Phi) is 4.05. The highest BCUT2D eigenvalue weighted by Gasteiger charge is 1.97. The topological polar surface area (TPSA) is 12.0 Å². The molecule has 0 radical (unpaired) electrons. The van der Waals surface area contributed by atoms with E-state index in [1.165, 1.54) is 14.1 Å². The Morgan fingerprint density at radius 2 is 2.20 bits per heavy atom. The normalized spacial score (nSPS) is 10.3. The first-order valence-corrected chi connectivity index (χ1v) is 7.21. The third-order valence-corrected chi connectivity index (χ3v) is 4.28. The first kappa shape index (κ1) is 11.4. The quantitative estimate of drug-likeness (QED) is 0.743. The molecule has 0 aliphatic carbocycles. The van der Waals surface area contributed by atoms with E-state index in [4.69, 9.17) is 0 Å². The number of nitrogens with one attached hydrogen (secondary N) is 1. The van der Waals surface area contributed by atoms with Gasteiger partial charge in [0.15, 0.2) is 0 Å². The minimum Gasteiger partial charge on any atom is -0.380 e. The van der Waals surface area contributed by atoms with Gasteiger partial charge in [-0.05, 0) is 62.8 Å². The summed E-state index contributed by atoms with van der Waals surface area (Å²) in [5.41, 5.74) is 1.17. The van der Waals surface area contributed by atoms with E-state index < -0.39 is 0 Å². The largest absolute Gasteiger partial charge is 0.380 e.